The summed E-state index contributed by atoms with van der Waals surface area (Å²) >= 11 is 0. The number of aldehydes is 1. The van der Waals surface area contributed by atoms with E-state index in [9.17, 15) is 9.59 Å². The molecule has 1 fully saturated rings. The van der Waals surface area contributed by atoms with Crippen molar-refractivity contribution in [3.05, 3.63) is 29.8 Å². The van der Waals surface area contributed by atoms with Gasteiger partial charge in [0.05, 0.1) is 6.61 Å². The summed E-state index contributed by atoms with van der Waals surface area (Å²) in [6.07, 6.45) is 2.96. The van der Waals surface area contributed by atoms with Crippen LogP contribution in [-0.2, 0) is 14.4 Å². The molecular weight excluding hydrogens is 296 g/mol. The Morgan fingerprint density at radius 2 is 2.04 bits per heavy atom. The Labute approximate surface area is 135 Å². The first-order chi connectivity index (χ1) is 11.2. The molecule has 1 spiro atoms. The Hall–Kier alpha value is -2.37. The molecule has 1 aromatic carbocycles. The van der Waals surface area contributed by atoms with Crippen LogP contribution in [0, 0.1) is 0 Å². The van der Waals surface area contributed by atoms with E-state index in [4.69, 9.17) is 9.57 Å². The molecule has 1 saturated heterocycles. The summed E-state index contributed by atoms with van der Waals surface area (Å²) in [5.74, 6) is -0.378. The average Bonchev–Trinajstić information content (AvgIpc) is 3.00. The maximum absolute atomic E-state index is 11.7. The molecule has 6 nitrogen and oxygen atoms in total. The molecule has 122 valence electrons. The van der Waals surface area contributed by atoms with Crippen molar-refractivity contribution < 1.29 is 19.2 Å². The number of nitrogens with zero attached hydrogens (tertiary/aromatic N) is 2. The van der Waals surface area contributed by atoms with Crippen LogP contribution in [0.4, 0.5) is 5.69 Å². The van der Waals surface area contributed by atoms with Gasteiger partial charge in [0, 0.05) is 43.6 Å². The van der Waals surface area contributed by atoms with Crippen LogP contribution in [-0.4, -0.2) is 43.3 Å². The lowest BCUT2D eigenvalue weighted by molar-refractivity contribution is -0.135. The number of ether oxygens (including phenoxy) is 1. The lowest BCUT2D eigenvalue weighted by Crippen LogP contribution is -2.45. The van der Waals surface area contributed by atoms with Gasteiger partial charge in [-0.2, -0.15) is 0 Å². The number of benzene rings is 1. The zero-order valence-electron chi connectivity index (χ0n) is 13.2. The van der Waals surface area contributed by atoms with Gasteiger partial charge in [0.25, 0.3) is 0 Å². The highest BCUT2D eigenvalue weighted by Crippen LogP contribution is 2.36. The molecule has 0 unspecified atom stereocenters. The van der Waals surface area contributed by atoms with Crippen molar-refractivity contribution in [2.45, 2.75) is 31.8 Å². The Morgan fingerprint density at radius 1 is 1.35 bits per heavy atom. The Morgan fingerprint density at radius 3 is 2.65 bits per heavy atom. The summed E-state index contributed by atoms with van der Waals surface area (Å²) in [5, 5.41) is 3.94. The third-order valence-electron chi connectivity index (χ3n) is 4.42. The maximum atomic E-state index is 11.7. The molecule has 2 heterocycles. The number of piperidine rings is 1. The molecule has 0 radical (unpaired) electrons. The van der Waals surface area contributed by atoms with E-state index in [0.29, 0.717) is 24.3 Å². The van der Waals surface area contributed by atoms with Crippen LogP contribution >= 0.6 is 0 Å². The van der Waals surface area contributed by atoms with E-state index in [-0.39, 0.29) is 11.6 Å². The predicted octanol–water partition coefficient (Wildman–Crippen LogP) is 2.18. The van der Waals surface area contributed by atoms with Crippen molar-refractivity contribution in [2.24, 2.45) is 5.16 Å². The second-order valence-corrected chi connectivity index (χ2v) is 5.91. The molecule has 0 aromatic heterocycles. The van der Waals surface area contributed by atoms with Gasteiger partial charge < -0.3 is 14.5 Å². The molecule has 0 saturated carbocycles. The summed E-state index contributed by atoms with van der Waals surface area (Å²) in [5.41, 5.74) is 1.78. The Kier molecular flexibility index (Phi) is 4.32. The molecular formula is C17H20N2O4. The zero-order chi connectivity index (χ0) is 16.3. The number of rotatable bonds is 4. The van der Waals surface area contributed by atoms with Gasteiger partial charge in [-0.25, -0.2) is 4.79 Å². The summed E-state index contributed by atoms with van der Waals surface area (Å²) in [6, 6.07) is 7.55. The first-order valence-electron chi connectivity index (χ1n) is 7.88. The van der Waals surface area contributed by atoms with E-state index in [2.05, 4.69) is 10.1 Å². The molecule has 2 aliphatic rings. The minimum Gasteiger partial charge on any atom is -0.461 e. The fraction of sp³-hybridized carbons (Fsp3) is 0.471. The summed E-state index contributed by atoms with van der Waals surface area (Å²) in [6.45, 7) is 3.77. The first kappa shape index (κ1) is 15.5. The van der Waals surface area contributed by atoms with Gasteiger partial charge in [-0.1, -0.05) is 5.16 Å². The topological polar surface area (TPSA) is 68.2 Å². The lowest BCUT2D eigenvalue weighted by atomic mass is 9.86. The molecule has 0 N–H and O–H groups in total. The number of hydrogen-bond acceptors (Lipinski definition) is 6. The summed E-state index contributed by atoms with van der Waals surface area (Å²) in [7, 11) is 0. The number of oxime groups is 1. The van der Waals surface area contributed by atoms with Crippen molar-refractivity contribution in [1.29, 1.82) is 0 Å². The van der Waals surface area contributed by atoms with Gasteiger partial charge >= 0.3 is 5.97 Å². The van der Waals surface area contributed by atoms with Gasteiger partial charge in [0.1, 0.15) is 11.9 Å². The monoisotopic (exact) mass is 316 g/mol. The van der Waals surface area contributed by atoms with E-state index in [1.54, 1.807) is 6.92 Å². The highest BCUT2D eigenvalue weighted by atomic mass is 16.7. The third kappa shape index (κ3) is 3.21. The third-order valence-corrected chi connectivity index (χ3v) is 4.42. The minimum atomic E-state index is -0.378. The number of anilines is 1. The van der Waals surface area contributed by atoms with Crippen LogP contribution in [0.1, 0.15) is 36.5 Å². The molecule has 3 rings (SSSR count). The van der Waals surface area contributed by atoms with E-state index >= 15 is 0 Å². The highest BCUT2D eigenvalue weighted by Gasteiger charge is 2.44. The van der Waals surface area contributed by atoms with Crippen LogP contribution in [0.5, 0.6) is 0 Å². The Bertz CT molecular complexity index is 616. The quantitative estimate of drug-likeness (QED) is 0.629. The molecule has 0 amide bonds. The van der Waals surface area contributed by atoms with E-state index in [1.165, 1.54) is 0 Å². The second-order valence-electron chi connectivity index (χ2n) is 5.91. The largest absolute Gasteiger partial charge is 0.461 e. The van der Waals surface area contributed by atoms with Crippen LogP contribution in [0.15, 0.2) is 29.4 Å². The number of carbonyl (C=O) groups is 2. The van der Waals surface area contributed by atoms with Crippen molar-refractivity contribution >= 4 is 23.7 Å². The van der Waals surface area contributed by atoms with Gasteiger partial charge in [0.15, 0.2) is 5.71 Å². The molecule has 1 aromatic rings. The summed E-state index contributed by atoms with van der Waals surface area (Å²) < 4.78 is 4.98. The molecule has 2 aliphatic heterocycles. The van der Waals surface area contributed by atoms with E-state index in [0.717, 1.165) is 37.9 Å². The smallest absolute Gasteiger partial charge is 0.356 e. The highest BCUT2D eigenvalue weighted by molar-refractivity contribution is 6.36. The lowest BCUT2D eigenvalue weighted by Gasteiger charge is -2.38. The molecule has 6 heteroatoms. The molecule has 23 heavy (non-hydrogen) atoms. The van der Waals surface area contributed by atoms with Crippen LogP contribution in [0.2, 0.25) is 0 Å². The first-order valence-corrected chi connectivity index (χ1v) is 7.88. The van der Waals surface area contributed by atoms with E-state index < -0.39 is 0 Å². The molecule has 0 atom stereocenters. The number of esters is 1. The van der Waals surface area contributed by atoms with Crippen molar-refractivity contribution in [2.75, 3.05) is 24.6 Å². The van der Waals surface area contributed by atoms with Gasteiger partial charge in [-0.05, 0) is 31.2 Å². The van der Waals surface area contributed by atoms with Crippen molar-refractivity contribution in [3.63, 3.8) is 0 Å². The fourth-order valence-corrected chi connectivity index (χ4v) is 3.05. The molecule has 0 aliphatic carbocycles. The second kappa shape index (κ2) is 6.40. The SMILES string of the molecule is CCOC(=O)C1=NOC2(CCN(c3ccc(C=O)cc3)CC2)C1. The normalized spacial score (nSPS) is 19.2. The van der Waals surface area contributed by atoms with Crippen molar-refractivity contribution in [3.8, 4) is 0 Å². The predicted molar refractivity (Wildman–Crippen MR) is 85.8 cm³/mol. The minimum absolute atomic E-state index is 0.343. The van der Waals surface area contributed by atoms with Gasteiger partial charge in [-0.3, -0.25) is 4.79 Å². The van der Waals surface area contributed by atoms with E-state index in [1.807, 2.05) is 24.3 Å². The number of carbonyl (C=O) groups excluding carboxylic acids is 2. The van der Waals surface area contributed by atoms with Crippen LogP contribution in [0.3, 0.4) is 0 Å². The number of hydrogen-bond donors (Lipinski definition) is 0. The van der Waals surface area contributed by atoms with Gasteiger partial charge in [-0.15, -0.1) is 0 Å². The van der Waals surface area contributed by atoms with Crippen LogP contribution < -0.4 is 4.90 Å². The Balaban J connectivity index is 1.58. The van der Waals surface area contributed by atoms with Gasteiger partial charge in [0.2, 0.25) is 0 Å². The zero-order valence-corrected chi connectivity index (χ0v) is 13.2. The maximum Gasteiger partial charge on any atom is 0.356 e. The standard InChI is InChI=1S/C17H20N2O4/c1-2-22-16(21)15-11-17(23-18-15)7-9-19(10-8-17)14-5-3-13(12-20)4-6-14/h3-6,12H,2,7-11H2,1H3. The average molecular weight is 316 g/mol. The molecule has 0 bridgehead atoms. The fourth-order valence-electron chi connectivity index (χ4n) is 3.05. The van der Waals surface area contributed by atoms with Crippen LogP contribution in [0.25, 0.3) is 0 Å². The van der Waals surface area contributed by atoms with Crippen molar-refractivity contribution in [1.82, 2.24) is 0 Å². The summed E-state index contributed by atoms with van der Waals surface area (Å²) in [4.78, 5) is 30.3.